The molecule has 0 N–H and O–H groups in total. The van der Waals surface area contributed by atoms with Gasteiger partial charge in [-0.1, -0.05) is 172 Å². The zero-order valence-corrected chi connectivity index (χ0v) is 33.4. The van der Waals surface area contributed by atoms with Gasteiger partial charge >= 0.3 is 0 Å². The molecule has 13 rings (SSSR count). The molecule has 10 aromatic rings. The van der Waals surface area contributed by atoms with Crippen LogP contribution < -0.4 is 4.90 Å². The van der Waals surface area contributed by atoms with Crippen LogP contribution in [0.1, 0.15) is 47.2 Å². The number of benzene rings is 9. The highest BCUT2D eigenvalue weighted by Crippen LogP contribution is 2.62. The lowest BCUT2D eigenvalue weighted by Gasteiger charge is -2.35. The van der Waals surface area contributed by atoms with E-state index in [1.165, 1.54) is 77.9 Å². The minimum atomic E-state index is -0.536. The standard InChI is InChI=1S/C58H39NO/c1-57(2)47-23-10-5-20-42(47)44-32-30-37(35-52(44)57)59(53-27-15-29-55-56(53)45-22-9-14-28-54(45)60-55)36-31-33-51-46(34-36)43-21-8-13-26-50(43)58(51)48-24-11-6-18-40(48)38-16-3-4-17-39(38)41-19-7-12-25-49(41)58/h3-35H,1-2H3. The molecule has 9 aromatic carbocycles. The van der Waals surface area contributed by atoms with Gasteiger partial charge in [-0.25, -0.2) is 0 Å². The second-order valence-corrected chi connectivity index (χ2v) is 17.1. The van der Waals surface area contributed by atoms with Crippen LogP contribution in [0.15, 0.2) is 205 Å². The first-order valence-corrected chi connectivity index (χ1v) is 21.0. The van der Waals surface area contributed by atoms with E-state index in [4.69, 9.17) is 4.42 Å². The van der Waals surface area contributed by atoms with Crippen LogP contribution in [0.25, 0.3) is 66.4 Å². The molecule has 0 atom stereocenters. The first-order valence-electron chi connectivity index (χ1n) is 21.0. The molecule has 60 heavy (non-hydrogen) atoms. The SMILES string of the molecule is CC1(C)c2ccccc2-c2ccc(N(c3ccc4c(c3)-c3ccccc3C43c4ccccc4-c4ccccc4-c4ccccc43)c3cccc4oc5ccccc5c34)cc21. The van der Waals surface area contributed by atoms with E-state index in [0.29, 0.717) is 0 Å². The zero-order valence-electron chi connectivity index (χ0n) is 33.4. The molecule has 0 saturated carbocycles. The van der Waals surface area contributed by atoms with Gasteiger partial charge in [0.25, 0.3) is 0 Å². The topological polar surface area (TPSA) is 16.4 Å². The number of para-hydroxylation sites is 1. The maximum atomic E-state index is 6.54. The van der Waals surface area contributed by atoms with Crippen molar-refractivity contribution in [3.8, 4) is 44.5 Å². The maximum absolute atomic E-state index is 6.54. The van der Waals surface area contributed by atoms with Crippen molar-refractivity contribution in [2.45, 2.75) is 24.7 Å². The molecule has 0 unspecified atom stereocenters. The molecule has 0 fully saturated rings. The van der Waals surface area contributed by atoms with Gasteiger partial charge < -0.3 is 9.32 Å². The van der Waals surface area contributed by atoms with E-state index in [-0.39, 0.29) is 5.41 Å². The van der Waals surface area contributed by atoms with Crippen LogP contribution in [0.4, 0.5) is 17.1 Å². The molecular weight excluding hydrogens is 727 g/mol. The number of nitrogens with zero attached hydrogens (tertiary/aromatic N) is 1. The minimum Gasteiger partial charge on any atom is -0.456 e. The fourth-order valence-corrected chi connectivity index (χ4v) is 11.4. The summed E-state index contributed by atoms with van der Waals surface area (Å²) in [4.78, 5) is 2.47. The molecule has 0 saturated heterocycles. The van der Waals surface area contributed by atoms with Crippen molar-refractivity contribution < 1.29 is 4.42 Å². The van der Waals surface area contributed by atoms with Crippen molar-refractivity contribution in [1.82, 2.24) is 0 Å². The molecule has 1 heterocycles. The van der Waals surface area contributed by atoms with Crippen LogP contribution in [-0.2, 0) is 10.8 Å². The summed E-state index contributed by atoms with van der Waals surface area (Å²) in [5, 5.41) is 2.22. The lowest BCUT2D eigenvalue weighted by atomic mass is 9.66. The Morgan fingerprint density at radius 3 is 1.48 bits per heavy atom. The minimum absolute atomic E-state index is 0.150. The van der Waals surface area contributed by atoms with Gasteiger partial charge in [-0.2, -0.15) is 0 Å². The summed E-state index contributed by atoms with van der Waals surface area (Å²) < 4.78 is 6.54. The van der Waals surface area contributed by atoms with Crippen LogP contribution in [0.2, 0.25) is 0 Å². The van der Waals surface area contributed by atoms with Crippen molar-refractivity contribution in [3.05, 3.63) is 234 Å². The molecule has 1 spiro atoms. The molecule has 3 aliphatic rings. The van der Waals surface area contributed by atoms with Gasteiger partial charge in [0.15, 0.2) is 0 Å². The van der Waals surface area contributed by atoms with E-state index in [1.807, 2.05) is 0 Å². The van der Waals surface area contributed by atoms with E-state index in [9.17, 15) is 0 Å². The van der Waals surface area contributed by atoms with E-state index in [1.54, 1.807) is 0 Å². The van der Waals surface area contributed by atoms with Gasteiger partial charge in [0.2, 0.25) is 0 Å². The third-order valence-electron chi connectivity index (χ3n) is 13.9. The van der Waals surface area contributed by atoms with E-state index < -0.39 is 5.41 Å². The monoisotopic (exact) mass is 765 g/mol. The smallest absolute Gasteiger partial charge is 0.137 e. The normalized spacial score (nSPS) is 14.4. The Bertz CT molecular complexity index is 3370. The van der Waals surface area contributed by atoms with Gasteiger partial charge in [-0.05, 0) is 120 Å². The molecule has 0 radical (unpaired) electrons. The van der Waals surface area contributed by atoms with Gasteiger partial charge in [0, 0.05) is 22.2 Å². The quantitative estimate of drug-likeness (QED) is 0.178. The van der Waals surface area contributed by atoms with E-state index >= 15 is 0 Å². The molecule has 2 nitrogen and oxygen atoms in total. The molecule has 282 valence electrons. The van der Waals surface area contributed by atoms with Gasteiger partial charge in [-0.3, -0.25) is 0 Å². The number of hydrogen-bond acceptors (Lipinski definition) is 2. The van der Waals surface area contributed by atoms with Crippen molar-refractivity contribution in [1.29, 1.82) is 0 Å². The predicted molar refractivity (Wildman–Crippen MR) is 248 cm³/mol. The second-order valence-electron chi connectivity index (χ2n) is 17.1. The average molecular weight is 766 g/mol. The summed E-state index contributed by atoms with van der Waals surface area (Å²) in [7, 11) is 0. The zero-order chi connectivity index (χ0) is 39.7. The van der Waals surface area contributed by atoms with Crippen molar-refractivity contribution in [2.24, 2.45) is 0 Å². The molecule has 0 aliphatic heterocycles. The summed E-state index contributed by atoms with van der Waals surface area (Å²) in [6, 6.07) is 74.4. The largest absolute Gasteiger partial charge is 0.456 e. The van der Waals surface area contributed by atoms with Gasteiger partial charge in [0.1, 0.15) is 11.2 Å². The highest BCUT2D eigenvalue weighted by Gasteiger charge is 2.50. The van der Waals surface area contributed by atoms with Crippen LogP contribution in [-0.4, -0.2) is 0 Å². The van der Waals surface area contributed by atoms with E-state index in [0.717, 1.165) is 39.0 Å². The number of fused-ring (bicyclic) bond motifs is 18. The molecular formula is C58H39NO. The molecule has 3 aliphatic carbocycles. The van der Waals surface area contributed by atoms with Gasteiger partial charge in [-0.15, -0.1) is 0 Å². The number of rotatable bonds is 3. The highest BCUT2D eigenvalue weighted by atomic mass is 16.3. The Morgan fingerprint density at radius 2 is 0.817 bits per heavy atom. The Kier molecular flexibility index (Phi) is 6.74. The van der Waals surface area contributed by atoms with Gasteiger partial charge in [0.05, 0.1) is 16.5 Å². The average Bonchev–Trinajstić information content (AvgIpc) is 3.88. The Labute approximate surface area is 349 Å². The molecule has 0 amide bonds. The van der Waals surface area contributed by atoms with Crippen LogP contribution >= 0.6 is 0 Å². The first kappa shape index (κ1) is 33.5. The fraction of sp³-hybridized carbons (Fsp3) is 0.0690. The van der Waals surface area contributed by atoms with Crippen molar-refractivity contribution in [2.75, 3.05) is 4.90 Å². The first-order chi connectivity index (χ1) is 29.5. The summed E-state index contributed by atoms with van der Waals surface area (Å²) in [6.45, 7) is 4.73. The maximum Gasteiger partial charge on any atom is 0.137 e. The van der Waals surface area contributed by atoms with Crippen LogP contribution in [0, 0.1) is 0 Å². The number of anilines is 3. The Morgan fingerprint density at radius 1 is 0.350 bits per heavy atom. The summed E-state index contributed by atoms with van der Waals surface area (Å²) in [5.74, 6) is 0. The Balaban J connectivity index is 1.11. The molecule has 0 bridgehead atoms. The van der Waals surface area contributed by atoms with E-state index in [2.05, 4.69) is 219 Å². The summed E-state index contributed by atoms with van der Waals surface area (Å²) >= 11 is 0. The molecule has 2 heteroatoms. The highest BCUT2D eigenvalue weighted by molar-refractivity contribution is 6.13. The number of furan rings is 1. The van der Waals surface area contributed by atoms with Crippen LogP contribution in [0.5, 0.6) is 0 Å². The number of hydrogen-bond donors (Lipinski definition) is 0. The van der Waals surface area contributed by atoms with Crippen LogP contribution in [0.3, 0.4) is 0 Å². The Hall–Kier alpha value is -7.42. The lowest BCUT2D eigenvalue weighted by molar-refractivity contribution is 0.660. The summed E-state index contributed by atoms with van der Waals surface area (Å²) in [6.07, 6.45) is 0. The predicted octanol–water partition coefficient (Wildman–Crippen LogP) is 15.4. The lowest BCUT2D eigenvalue weighted by Crippen LogP contribution is -2.29. The third kappa shape index (κ3) is 4.27. The summed E-state index contributed by atoms with van der Waals surface area (Å²) in [5.41, 5.74) is 22.6. The second kappa shape index (κ2) is 12.1. The van der Waals surface area contributed by atoms with Crippen molar-refractivity contribution in [3.63, 3.8) is 0 Å². The fourth-order valence-electron chi connectivity index (χ4n) is 11.4. The van der Waals surface area contributed by atoms with Crippen molar-refractivity contribution >= 4 is 39.0 Å². The third-order valence-corrected chi connectivity index (χ3v) is 13.9. The molecule has 1 aromatic heterocycles.